The lowest BCUT2D eigenvalue weighted by Crippen LogP contribution is -2.51. The van der Waals surface area contributed by atoms with Gasteiger partial charge >= 0.3 is 0 Å². The maximum absolute atomic E-state index is 13.8. The molecule has 7 nitrogen and oxygen atoms in total. The van der Waals surface area contributed by atoms with Crippen molar-refractivity contribution in [3.05, 3.63) is 94.2 Å². The highest BCUT2D eigenvalue weighted by Crippen LogP contribution is 2.25. The summed E-state index contributed by atoms with van der Waals surface area (Å²) in [7, 11) is -4.24. The summed E-state index contributed by atoms with van der Waals surface area (Å²) in [6.07, 6.45) is 0.731. The molecule has 0 aromatic heterocycles. The van der Waals surface area contributed by atoms with Gasteiger partial charge in [-0.05, 0) is 74.4 Å². The van der Waals surface area contributed by atoms with Crippen molar-refractivity contribution >= 4 is 43.5 Å². The molecule has 0 fully saturated rings. The Morgan fingerprint density at radius 2 is 1.68 bits per heavy atom. The maximum Gasteiger partial charge on any atom is 0.264 e. The summed E-state index contributed by atoms with van der Waals surface area (Å²) in [4.78, 5) is 27.9. The first kappa shape index (κ1) is 29.3. The summed E-state index contributed by atoms with van der Waals surface area (Å²) in [5, 5.41) is 2.81. The Labute approximate surface area is 231 Å². The Morgan fingerprint density at radius 1 is 1.03 bits per heavy atom. The van der Waals surface area contributed by atoms with Gasteiger partial charge in [0.05, 0.1) is 10.6 Å². The molecule has 0 saturated carbocycles. The minimum atomic E-state index is -4.24. The summed E-state index contributed by atoms with van der Waals surface area (Å²) < 4.78 is 42.7. The largest absolute Gasteiger partial charge is 0.354 e. The molecule has 0 unspecified atom stereocenters. The number of hydrogen-bond donors (Lipinski definition) is 1. The van der Waals surface area contributed by atoms with Crippen molar-refractivity contribution in [2.75, 3.05) is 17.4 Å². The molecule has 1 atom stereocenters. The summed E-state index contributed by atoms with van der Waals surface area (Å²) in [5.41, 5.74) is 1.96. The van der Waals surface area contributed by atoms with Crippen LogP contribution in [0.3, 0.4) is 0 Å². The molecule has 0 aliphatic heterocycles. The Morgan fingerprint density at radius 3 is 2.29 bits per heavy atom. The number of rotatable bonds is 11. The van der Waals surface area contributed by atoms with Crippen LogP contribution in [0.15, 0.2) is 82.2 Å². The second-order valence-corrected chi connectivity index (χ2v) is 11.7. The predicted molar refractivity (Wildman–Crippen MR) is 150 cm³/mol. The summed E-state index contributed by atoms with van der Waals surface area (Å²) in [5.74, 6) is -1.47. The van der Waals surface area contributed by atoms with Crippen LogP contribution in [-0.2, 0) is 26.2 Å². The average molecular weight is 605 g/mol. The van der Waals surface area contributed by atoms with Crippen LogP contribution >= 0.6 is 15.9 Å². The summed E-state index contributed by atoms with van der Waals surface area (Å²) in [6.45, 7) is 5.40. The van der Waals surface area contributed by atoms with Gasteiger partial charge in [0.2, 0.25) is 11.8 Å². The van der Waals surface area contributed by atoms with Gasteiger partial charge in [-0.3, -0.25) is 13.9 Å². The molecule has 0 bridgehead atoms. The van der Waals surface area contributed by atoms with E-state index in [1.807, 2.05) is 38.1 Å². The van der Waals surface area contributed by atoms with Crippen LogP contribution in [-0.4, -0.2) is 44.3 Å². The van der Waals surface area contributed by atoms with Crippen LogP contribution in [0, 0.1) is 12.7 Å². The van der Waals surface area contributed by atoms with E-state index >= 15 is 0 Å². The molecule has 0 saturated heterocycles. The number of nitrogens with one attached hydrogen (secondary N) is 1. The summed E-state index contributed by atoms with van der Waals surface area (Å²) in [6, 6.07) is 17.6. The molecule has 10 heteroatoms. The van der Waals surface area contributed by atoms with E-state index in [2.05, 4.69) is 21.2 Å². The van der Waals surface area contributed by atoms with Crippen molar-refractivity contribution in [2.24, 2.45) is 0 Å². The molecule has 3 aromatic rings. The zero-order valence-corrected chi connectivity index (χ0v) is 23.9. The van der Waals surface area contributed by atoms with E-state index in [-0.39, 0.29) is 23.0 Å². The molecule has 38 heavy (non-hydrogen) atoms. The zero-order valence-electron chi connectivity index (χ0n) is 21.5. The maximum atomic E-state index is 13.8. The molecule has 202 valence electrons. The third kappa shape index (κ3) is 7.41. The van der Waals surface area contributed by atoms with Crippen LogP contribution in [0.5, 0.6) is 0 Å². The smallest absolute Gasteiger partial charge is 0.264 e. The fourth-order valence-electron chi connectivity index (χ4n) is 3.78. The lowest BCUT2D eigenvalue weighted by molar-refractivity contribution is -0.139. The first-order valence-corrected chi connectivity index (χ1v) is 14.4. The van der Waals surface area contributed by atoms with Gasteiger partial charge in [-0.15, -0.1) is 0 Å². The molecule has 1 N–H and O–H groups in total. The molecular formula is C28H31BrFN3O4S. The number of aryl methyl sites for hydroxylation is 1. The SMILES string of the molecule is CCCNC(=O)[C@H](C)N(Cc1cccc(Br)c1)C(=O)CN(c1ccc(C)cc1)S(=O)(=O)c1ccc(F)cc1. The number of sulfonamides is 1. The first-order valence-electron chi connectivity index (χ1n) is 12.2. The molecule has 3 aromatic carbocycles. The van der Waals surface area contributed by atoms with Gasteiger partial charge in [0.25, 0.3) is 10.0 Å². The van der Waals surface area contributed by atoms with Crippen molar-refractivity contribution in [2.45, 2.75) is 44.7 Å². The molecule has 2 amide bonds. The number of carbonyl (C=O) groups is 2. The van der Waals surface area contributed by atoms with Crippen LogP contribution in [0.4, 0.5) is 10.1 Å². The van der Waals surface area contributed by atoms with E-state index in [9.17, 15) is 22.4 Å². The van der Waals surface area contributed by atoms with Gasteiger partial charge < -0.3 is 10.2 Å². The molecular weight excluding hydrogens is 573 g/mol. The lowest BCUT2D eigenvalue weighted by atomic mass is 10.1. The fraction of sp³-hybridized carbons (Fsp3) is 0.286. The highest BCUT2D eigenvalue weighted by molar-refractivity contribution is 9.10. The number of hydrogen-bond acceptors (Lipinski definition) is 4. The standard InChI is InChI=1S/C28H31BrFN3O4S/c1-4-16-31-28(35)21(3)32(18-22-6-5-7-23(29)17-22)27(34)19-33(25-12-8-20(2)9-13-25)38(36,37)26-14-10-24(30)11-15-26/h5-15,17,21H,4,16,18-19H2,1-3H3,(H,31,35)/t21-/m0/s1. The molecule has 0 radical (unpaired) electrons. The van der Waals surface area contributed by atoms with Gasteiger partial charge in [-0.2, -0.15) is 0 Å². The minimum Gasteiger partial charge on any atom is -0.354 e. The van der Waals surface area contributed by atoms with Crippen molar-refractivity contribution in [3.63, 3.8) is 0 Å². The van der Waals surface area contributed by atoms with Gasteiger partial charge in [0, 0.05) is 17.6 Å². The van der Waals surface area contributed by atoms with Crippen LogP contribution < -0.4 is 9.62 Å². The van der Waals surface area contributed by atoms with E-state index in [4.69, 9.17) is 0 Å². The fourth-order valence-corrected chi connectivity index (χ4v) is 5.64. The third-order valence-electron chi connectivity index (χ3n) is 5.96. The molecule has 0 aliphatic rings. The minimum absolute atomic E-state index is 0.0946. The van der Waals surface area contributed by atoms with Crippen molar-refractivity contribution in [1.29, 1.82) is 0 Å². The molecule has 0 aliphatic carbocycles. The summed E-state index contributed by atoms with van der Waals surface area (Å²) >= 11 is 3.43. The first-order chi connectivity index (χ1) is 18.0. The van der Waals surface area contributed by atoms with Gasteiger partial charge in [-0.1, -0.05) is 52.7 Å². The predicted octanol–water partition coefficient (Wildman–Crippen LogP) is 5.04. The van der Waals surface area contributed by atoms with E-state index in [1.54, 1.807) is 31.2 Å². The average Bonchev–Trinajstić information content (AvgIpc) is 2.89. The van der Waals surface area contributed by atoms with E-state index in [1.165, 1.54) is 4.90 Å². The highest BCUT2D eigenvalue weighted by Gasteiger charge is 2.32. The normalized spacial score (nSPS) is 12.0. The van der Waals surface area contributed by atoms with Crippen LogP contribution in [0.25, 0.3) is 0 Å². The van der Waals surface area contributed by atoms with Crippen LogP contribution in [0.1, 0.15) is 31.4 Å². The van der Waals surface area contributed by atoms with E-state index in [0.717, 1.165) is 50.6 Å². The number of benzene rings is 3. The highest BCUT2D eigenvalue weighted by atomic mass is 79.9. The number of carbonyl (C=O) groups excluding carboxylic acids is 2. The second kappa shape index (κ2) is 13.0. The monoisotopic (exact) mass is 603 g/mol. The van der Waals surface area contributed by atoms with Gasteiger partial charge in [0.15, 0.2) is 0 Å². The van der Waals surface area contributed by atoms with Crippen LogP contribution in [0.2, 0.25) is 0 Å². The second-order valence-electron chi connectivity index (χ2n) is 8.92. The van der Waals surface area contributed by atoms with Crippen molar-refractivity contribution < 1.29 is 22.4 Å². The number of anilines is 1. The van der Waals surface area contributed by atoms with Crippen molar-refractivity contribution in [1.82, 2.24) is 10.2 Å². The van der Waals surface area contributed by atoms with Gasteiger partial charge in [-0.25, -0.2) is 12.8 Å². The Kier molecular flexibility index (Phi) is 10.0. The Hall–Kier alpha value is -3.24. The number of nitrogens with zero attached hydrogens (tertiary/aromatic N) is 2. The molecule has 3 rings (SSSR count). The molecule has 0 spiro atoms. The Bertz CT molecular complexity index is 1370. The zero-order chi connectivity index (χ0) is 27.9. The topological polar surface area (TPSA) is 86.8 Å². The quantitative estimate of drug-likeness (QED) is 0.333. The Balaban J connectivity index is 2.01. The van der Waals surface area contributed by atoms with Gasteiger partial charge in [0.1, 0.15) is 18.4 Å². The van der Waals surface area contributed by atoms with Crippen molar-refractivity contribution in [3.8, 4) is 0 Å². The lowest BCUT2D eigenvalue weighted by Gasteiger charge is -2.32. The molecule has 0 heterocycles. The van der Waals surface area contributed by atoms with E-state index < -0.39 is 34.3 Å². The number of amides is 2. The number of halogens is 2. The third-order valence-corrected chi connectivity index (χ3v) is 8.24. The van der Waals surface area contributed by atoms with E-state index in [0.29, 0.717) is 6.54 Å².